The van der Waals surface area contributed by atoms with Crippen molar-refractivity contribution in [3.8, 4) is 0 Å². The molecule has 0 fully saturated rings. The van der Waals surface area contributed by atoms with Gasteiger partial charge in [0.25, 0.3) is 0 Å². The zero-order chi connectivity index (χ0) is 10.1. The summed E-state index contributed by atoms with van der Waals surface area (Å²) >= 11 is 5.22. The third-order valence-electron chi connectivity index (χ3n) is 1.38. The van der Waals surface area contributed by atoms with Crippen LogP contribution in [0.2, 0.25) is 0 Å². The minimum absolute atomic E-state index is 0.178. The Kier molecular flexibility index (Phi) is 2.87. The molecule has 0 amide bonds. The maximum Gasteiger partial charge on any atom is 0.449 e. The van der Waals surface area contributed by atoms with Gasteiger partial charge in [-0.15, -0.1) is 11.6 Å². The van der Waals surface area contributed by atoms with E-state index in [9.17, 15) is 13.2 Å². The maximum absolute atomic E-state index is 12.0. The zero-order valence-corrected chi connectivity index (χ0v) is 7.06. The van der Waals surface area contributed by atoms with E-state index in [1.54, 1.807) is 0 Å². The Labute approximate surface area is 76.9 Å². The van der Waals surface area contributed by atoms with Gasteiger partial charge in [-0.3, -0.25) is 0 Å². The molecule has 0 aliphatic carbocycles. The lowest BCUT2D eigenvalue weighted by molar-refractivity contribution is -0.153. The van der Waals surface area contributed by atoms with Crippen LogP contribution in [-0.2, 0) is 6.18 Å². The van der Waals surface area contributed by atoms with E-state index in [1.807, 2.05) is 0 Å². The molecule has 1 atom stereocenters. The highest BCUT2D eigenvalue weighted by molar-refractivity contribution is 6.18. The Balaban J connectivity index is 2.87. The molecule has 0 bridgehead atoms. The maximum atomic E-state index is 12.0. The molecule has 0 aliphatic rings. The second kappa shape index (κ2) is 3.59. The van der Waals surface area contributed by atoms with Gasteiger partial charge >= 0.3 is 6.18 Å². The monoisotopic (exact) mass is 214 g/mol. The number of aliphatic hydroxyl groups is 1. The molecule has 0 saturated carbocycles. The first-order chi connectivity index (χ1) is 5.95. The van der Waals surface area contributed by atoms with Crippen molar-refractivity contribution in [3.63, 3.8) is 0 Å². The second-order valence-electron chi connectivity index (χ2n) is 2.37. The largest absolute Gasteiger partial charge is 0.454 e. The Hall–Kier alpha value is -0.680. The number of halogens is 4. The Bertz CT molecular complexity index is 282. The molecule has 13 heavy (non-hydrogen) atoms. The van der Waals surface area contributed by atoms with Gasteiger partial charge in [0.05, 0.1) is 5.88 Å². The van der Waals surface area contributed by atoms with Crippen molar-refractivity contribution in [1.29, 1.82) is 0 Å². The molecule has 1 unspecified atom stereocenters. The van der Waals surface area contributed by atoms with E-state index in [0.29, 0.717) is 0 Å². The number of hydrogen-bond donors (Lipinski definition) is 1. The van der Waals surface area contributed by atoms with E-state index < -0.39 is 18.0 Å². The van der Waals surface area contributed by atoms with Crippen molar-refractivity contribution in [1.82, 2.24) is 0 Å². The summed E-state index contributed by atoms with van der Waals surface area (Å²) in [6.07, 6.45) is -5.72. The molecule has 74 valence electrons. The number of rotatable bonds is 2. The average molecular weight is 215 g/mol. The molecular formula is C7H6ClF3O2. The fourth-order valence-electron chi connectivity index (χ4n) is 0.760. The molecule has 1 rings (SSSR count). The average Bonchev–Trinajstić information content (AvgIpc) is 2.50. The molecule has 0 aliphatic heterocycles. The van der Waals surface area contributed by atoms with Crippen LogP contribution >= 0.6 is 11.6 Å². The summed E-state index contributed by atoms with van der Waals surface area (Å²) in [7, 11) is 0. The van der Waals surface area contributed by atoms with Gasteiger partial charge in [-0.05, 0) is 12.1 Å². The molecule has 1 N–H and O–H groups in total. The number of hydrogen-bond acceptors (Lipinski definition) is 2. The Morgan fingerprint density at radius 2 is 2.08 bits per heavy atom. The quantitative estimate of drug-likeness (QED) is 0.768. The molecule has 1 heterocycles. The Morgan fingerprint density at radius 3 is 2.46 bits per heavy atom. The fourth-order valence-corrected chi connectivity index (χ4v) is 0.912. The lowest BCUT2D eigenvalue weighted by atomic mass is 10.3. The molecular weight excluding hydrogens is 209 g/mol. The summed E-state index contributed by atoms with van der Waals surface area (Å²) in [5.41, 5.74) is 0. The fraction of sp³-hybridized carbons (Fsp3) is 0.429. The van der Waals surface area contributed by atoms with Gasteiger partial charge < -0.3 is 9.52 Å². The van der Waals surface area contributed by atoms with Crippen molar-refractivity contribution in [2.24, 2.45) is 0 Å². The number of alkyl halides is 4. The lowest BCUT2D eigenvalue weighted by Gasteiger charge is -2.03. The van der Waals surface area contributed by atoms with Crippen LogP contribution in [0.15, 0.2) is 16.5 Å². The summed E-state index contributed by atoms with van der Waals surface area (Å²) in [6, 6.07) is 1.81. The van der Waals surface area contributed by atoms with Crippen LogP contribution in [0.1, 0.15) is 17.6 Å². The predicted octanol–water partition coefficient (Wildman–Crippen LogP) is 2.57. The lowest BCUT2D eigenvalue weighted by Crippen LogP contribution is -2.03. The molecule has 1 aromatic heterocycles. The third-order valence-corrected chi connectivity index (χ3v) is 1.67. The summed E-state index contributed by atoms with van der Waals surface area (Å²) < 4.78 is 40.2. The molecule has 0 saturated heterocycles. The van der Waals surface area contributed by atoms with E-state index in [-0.39, 0.29) is 11.6 Å². The van der Waals surface area contributed by atoms with Crippen LogP contribution in [-0.4, -0.2) is 11.0 Å². The van der Waals surface area contributed by atoms with Crippen LogP contribution in [0, 0.1) is 0 Å². The number of furan rings is 1. The van der Waals surface area contributed by atoms with Crippen molar-refractivity contribution in [2.75, 3.05) is 5.88 Å². The SMILES string of the molecule is OC(CCl)c1ccc(C(F)(F)F)o1. The molecule has 0 spiro atoms. The summed E-state index contributed by atoms with van der Waals surface area (Å²) in [5.74, 6) is -1.51. The van der Waals surface area contributed by atoms with E-state index in [2.05, 4.69) is 4.42 Å². The van der Waals surface area contributed by atoms with Crippen LogP contribution < -0.4 is 0 Å². The standard InChI is InChI=1S/C7H6ClF3O2/c8-3-4(12)5-1-2-6(13-5)7(9,10)11/h1-2,4,12H,3H2. The first kappa shape index (κ1) is 10.4. The molecule has 1 aromatic rings. The van der Waals surface area contributed by atoms with Gasteiger partial charge in [0.1, 0.15) is 11.9 Å². The highest BCUT2D eigenvalue weighted by atomic mass is 35.5. The van der Waals surface area contributed by atoms with Crippen molar-refractivity contribution >= 4 is 11.6 Å². The minimum atomic E-state index is -4.52. The van der Waals surface area contributed by atoms with Crippen LogP contribution in [0.5, 0.6) is 0 Å². The van der Waals surface area contributed by atoms with Gasteiger partial charge in [-0.2, -0.15) is 13.2 Å². The van der Waals surface area contributed by atoms with E-state index in [4.69, 9.17) is 16.7 Å². The van der Waals surface area contributed by atoms with E-state index >= 15 is 0 Å². The first-order valence-electron chi connectivity index (χ1n) is 3.36. The Morgan fingerprint density at radius 1 is 1.46 bits per heavy atom. The van der Waals surface area contributed by atoms with Crippen molar-refractivity contribution < 1.29 is 22.7 Å². The van der Waals surface area contributed by atoms with E-state index in [0.717, 1.165) is 12.1 Å². The smallest absolute Gasteiger partial charge is 0.449 e. The normalized spacial score (nSPS) is 14.5. The zero-order valence-electron chi connectivity index (χ0n) is 6.31. The van der Waals surface area contributed by atoms with Crippen LogP contribution in [0.3, 0.4) is 0 Å². The molecule has 0 aromatic carbocycles. The number of aliphatic hydroxyl groups excluding tert-OH is 1. The van der Waals surface area contributed by atoms with Gasteiger partial charge in [0, 0.05) is 0 Å². The van der Waals surface area contributed by atoms with Crippen LogP contribution in [0.4, 0.5) is 13.2 Å². The highest BCUT2D eigenvalue weighted by Gasteiger charge is 2.35. The van der Waals surface area contributed by atoms with Crippen molar-refractivity contribution in [3.05, 3.63) is 23.7 Å². The van der Waals surface area contributed by atoms with Gasteiger partial charge in [-0.25, -0.2) is 0 Å². The predicted molar refractivity (Wildman–Crippen MR) is 39.4 cm³/mol. The minimum Gasteiger partial charge on any atom is -0.454 e. The van der Waals surface area contributed by atoms with Crippen molar-refractivity contribution in [2.45, 2.75) is 12.3 Å². The summed E-state index contributed by atoms with van der Waals surface area (Å²) in [5, 5.41) is 9.02. The second-order valence-corrected chi connectivity index (χ2v) is 2.68. The summed E-state index contributed by atoms with van der Waals surface area (Å²) in [6.45, 7) is 0. The van der Waals surface area contributed by atoms with Gasteiger partial charge in [0.15, 0.2) is 0 Å². The summed E-state index contributed by atoms with van der Waals surface area (Å²) in [4.78, 5) is 0. The van der Waals surface area contributed by atoms with Gasteiger partial charge in [0.2, 0.25) is 5.76 Å². The topological polar surface area (TPSA) is 33.4 Å². The third kappa shape index (κ3) is 2.38. The molecule has 0 radical (unpaired) electrons. The molecule has 6 heteroatoms. The first-order valence-corrected chi connectivity index (χ1v) is 3.89. The van der Waals surface area contributed by atoms with Crippen LogP contribution in [0.25, 0.3) is 0 Å². The highest BCUT2D eigenvalue weighted by Crippen LogP contribution is 2.32. The van der Waals surface area contributed by atoms with E-state index in [1.165, 1.54) is 0 Å². The van der Waals surface area contributed by atoms with Gasteiger partial charge in [-0.1, -0.05) is 0 Å². The molecule has 2 nitrogen and oxygen atoms in total.